The molecule has 7 rings (SSSR count). The number of likely N-dealkylation sites (tertiary alicyclic amines) is 1. The number of sulfonamides is 1. The van der Waals surface area contributed by atoms with E-state index in [4.69, 9.17) is 16.3 Å². The van der Waals surface area contributed by atoms with E-state index in [9.17, 15) is 31.2 Å². The number of ether oxygens (including phenoxy) is 1. The standard InChI is InChI=1S/C38H35ClF5N3O6S/c39-29-13-7-24(8-14-29)23-5-11-28(12-6-23)37(40,41)34(35(48)46-18-17-27-21-45-22-33(27)46)47(53-36(49)38(42,43)44)54(50,51)32-16-10-25-19-31(15-9-26(25)20-32)52-30-3-1-2-4-30/h5-16,19-20,27,30,33-34,45H,1-4,17-18,21-22H2/t27-,33+,34+/m1/s1. The van der Waals surface area contributed by atoms with Gasteiger partial charge in [0, 0.05) is 36.3 Å². The van der Waals surface area contributed by atoms with Gasteiger partial charge in [-0.1, -0.05) is 60.1 Å². The number of carbonyl (C=O) groups excluding carboxylic acids is 2. The second kappa shape index (κ2) is 14.7. The summed E-state index contributed by atoms with van der Waals surface area (Å²) >= 11 is 5.97. The lowest BCUT2D eigenvalue weighted by molar-refractivity contribution is -0.239. The van der Waals surface area contributed by atoms with Crippen molar-refractivity contribution < 1.29 is 49.5 Å². The molecular formula is C38H35ClF5N3O6S. The van der Waals surface area contributed by atoms with E-state index in [1.54, 1.807) is 36.4 Å². The first-order valence-corrected chi connectivity index (χ1v) is 19.2. The lowest BCUT2D eigenvalue weighted by Gasteiger charge is -2.37. The molecular weight excluding hydrogens is 757 g/mol. The molecule has 1 amide bonds. The molecule has 3 fully saturated rings. The van der Waals surface area contributed by atoms with Crippen molar-refractivity contribution in [1.29, 1.82) is 0 Å². The third-order valence-electron chi connectivity index (χ3n) is 10.3. The molecule has 2 aliphatic heterocycles. The molecule has 4 aromatic carbocycles. The van der Waals surface area contributed by atoms with Crippen LogP contribution in [0.5, 0.6) is 5.75 Å². The number of rotatable bonds is 10. The van der Waals surface area contributed by atoms with E-state index in [0.29, 0.717) is 40.3 Å². The fraction of sp³-hybridized carbons (Fsp3) is 0.368. The summed E-state index contributed by atoms with van der Waals surface area (Å²) in [6.07, 6.45) is -1.59. The van der Waals surface area contributed by atoms with Gasteiger partial charge >= 0.3 is 18.1 Å². The van der Waals surface area contributed by atoms with Crippen LogP contribution in [0.15, 0.2) is 89.8 Å². The molecule has 2 saturated heterocycles. The van der Waals surface area contributed by atoms with E-state index in [0.717, 1.165) is 54.8 Å². The number of nitrogens with one attached hydrogen (secondary N) is 1. The lowest BCUT2D eigenvalue weighted by atomic mass is 9.96. The van der Waals surface area contributed by atoms with Crippen molar-refractivity contribution in [2.45, 2.75) is 67.3 Å². The molecule has 1 N–H and O–H groups in total. The summed E-state index contributed by atoms with van der Waals surface area (Å²) < 4.78 is 110. The van der Waals surface area contributed by atoms with Crippen LogP contribution in [-0.2, 0) is 30.4 Å². The van der Waals surface area contributed by atoms with Gasteiger partial charge in [0.25, 0.3) is 15.9 Å². The van der Waals surface area contributed by atoms with E-state index in [-0.39, 0.29) is 30.5 Å². The van der Waals surface area contributed by atoms with Crippen molar-refractivity contribution in [3.05, 3.63) is 95.5 Å². The zero-order valence-corrected chi connectivity index (χ0v) is 30.1. The van der Waals surface area contributed by atoms with Gasteiger partial charge < -0.3 is 19.8 Å². The van der Waals surface area contributed by atoms with Crippen LogP contribution >= 0.6 is 11.6 Å². The number of hydrogen-bond acceptors (Lipinski definition) is 7. The highest BCUT2D eigenvalue weighted by Crippen LogP contribution is 2.42. The van der Waals surface area contributed by atoms with E-state index >= 15 is 8.78 Å². The number of nitrogens with zero attached hydrogens (tertiary/aromatic N) is 2. The Morgan fingerprint density at radius 1 is 0.833 bits per heavy atom. The maximum Gasteiger partial charge on any atom is 0.492 e. The van der Waals surface area contributed by atoms with Gasteiger partial charge in [-0.2, -0.15) is 22.0 Å². The van der Waals surface area contributed by atoms with E-state index in [2.05, 4.69) is 10.2 Å². The van der Waals surface area contributed by atoms with Gasteiger partial charge in [-0.15, -0.1) is 0 Å². The molecule has 0 radical (unpaired) electrons. The number of hydroxylamine groups is 1. The molecule has 0 aromatic heterocycles. The molecule has 3 aliphatic rings. The van der Waals surface area contributed by atoms with Crippen LogP contribution in [0.4, 0.5) is 22.0 Å². The first-order chi connectivity index (χ1) is 25.6. The number of hydrogen-bond donors (Lipinski definition) is 1. The molecule has 1 aliphatic carbocycles. The molecule has 286 valence electrons. The summed E-state index contributed by atoms with van der Waals surface area (Å²) in [6, 6.07) is 15.1. The predicted octanol–water partition coefficient (Wildman–Crippen LogP) is 7.47. The Morgan fingerprint density at radius 2 is 1.46 bits per heavy atom. The van der Waals surface area contributed by atoms with Gasteiger partial charge in [-0.3, -0.25) is 4.79 Å². The topological polar surface area (TPSA) is 105 Å². The van der Waals surface area contributed by atoms with Crippen LogP contribution in [0.2, 0.25) is 5.02 Å². The molecule has 54 heavy (non-hydrogen) atoms. The van der Waals surface area contributed by atoms with Gasteiger partial charge in [0.05, 0.1) is 11.0 Å². The molecule has 4 aromatic rings. The van der Waals surface area contributed by atoms with E-state index in [1.807, 2.05) is 0 Å². The SMILES string of the molecule is O=C([C@H](N(OC(=O)C(F)(F)F)S(=O)(=O)c1ccc2cc(OC3CCCC3)ccc2c1)C(F)(F)c1ccc(-c2ccc(Cl)cc2)cc1)N1CC[C@@H]2CNC[C@@H]21. The van der Waals surface area contributed by atoms with Crippen LogP contribution in [0.3, 0.4) is 0 Å². The average Bonchev–Trinajstić information content (AvgIpc) is 3.91. The monoisotopic (exact) mass is 791 g/mol. The number of fused-ring (bicyclic) bond motifs is 2. The Balaban J connectivity index is 1.31. The fourth-order valence-corrected chi connectivity index (χ4v) is 8.97. The smallest absolute Gasteiger partial charge is 0.490 e. The maximum absolute atomic E-state index is 17.1. The molecule has 16 heteroatoms. The highest BCUT2D eigenvalue weighted by atomic mass is 35.5. The van der Waals surface area contributed by atoms with Crippen molar-refractivity contribution in [1.82, 2.24) is 14.7 Å². The minimum Gasteiger partial charge on any atom is -0.490 e. The normalized spacial score (nSPS) is 20.0. The molecule has 3 atom stereocenters. The summed E-state index contributed by atoms with van der Waals surface area (Å²) in [5.41, 5.74) is 0.139. The third-order valence-corrected chi connectivity index (χ3v) is 12.2. The average molecular weight is 792 g/mol. The number of amides is 1. The van der Waals surface area contributed by atoms with E-state index < -0.39 is 61.0 Å². The van der Waals surface area contributed by atoms with Gasteiger partial charge in [0.15, 0.2) is 0 Å². The van der Waals surface area contributed by atoms with Crippen molar-refractivity contribution in [2.24, 2.45) is 5.92 Å². The summed E-state index contributed by atoms with van der Waals surface area (Å²) in [5.74, 6) is -8.81. The van der Waals surface area contributed by atoms with Crippen LogP contribution < -0.4 is 10.1 Å². The summed E-state index contributed by atoms with van der Waals surface area (Å²) in [7, 11) is -5.62. The zero-order chi connectivity index (χ0) is 38.4. The van der Waals surface area contributed by atoms with Gasteiger partial charge in [0.2, 0.25) is 6.04 Å². The van der Waals surface area contributed by atoms with E-state index in [1.165, 1.54) is 24.3 Å². The third kappa shape index (κ3) is 7.51. The first kappa shape index (κ1) is 38.0. The molecule has 0 spiro atoms. The minimum atomic E-state index is -5.82. The fourth-order valence-electron chi connectivity index (χ4n) is 7.45. The summed E-state index contributed by atoms with van der Waals surface area (Å²) in [6.45, 7) is 0.578. The Labute approximate surface area is 313 Å². The second-order valence-corrected chi connectivity index (χ2v) is 16.0. The first-order valence-electron chi connectivity index (χ1n) is 17.4. The maximum atomic E-state index is 17.1. The Hall–Kier alpha value is -4.31. The van der Waals surface area contributed by atoms with Gasteiger partial charge in [-0.25, -0.2) is 13.2 Å². The molecule has 0 unspecified atom stereocenters. The molecule has 2 heterocycles. The Bertz CT molecular complexity index is 2150. The minimum absolute atomic E-state index is 0.0228. The second-order valence-electron chi connectivity index (χ2n) is 13.7. The van der Waals surface area contributed by atoms with Crippen LogP contribution in [-0.4, -0.2) is 73.7 Å². The highest BCUT2D eigenvalue weighted by molar-refractivity contribution is 7.89. The van der Waals surface area contributed by atoms with Crippen molar-refractivity contribution in [2.75, 3.05) is 19.6 Å². The quantitative estimate of drug-likeness (QED) is 0.131. The Kier molecular flexibility index (Phi) is 10.4. The number of alkyl halides is 5. The molecule has 9 nitrogen and oxygen atoms in total. The van der Waals surface area contributed by atoms with Crippen LogP contribution in [0.25, 0.3) is 21.9 Å². The number of carbonyl (C=O) groups is 2. The van der Waals surface area contributed by atoms with Gasteiger partial charge in [-0.05, 0) is 101 Å². The van der Waals surface area contributed by atoms with Crippen LogP contribution in [0, 0.1) is 5.92 Å². The van der Waals surface area contributed by atoms with Crippen molar-refractivity contribution >= 4 is 44.3 Å². The number of benzene rings is 4. The van der Waals surface area contributed by atoms with Gasteiger partial charge in [0.1, 0.15) is 5.75 Å². The van der Waals surface area contributed by atoms with Crippen molar-refractivity contribution in [3.8, 4) is 16.9 Å². The van der Waals surface area contributed by atoms with Crippen molar-refractivity contribution in [3.63, 3.8) is 0 Å². The summed E-state index contributed by atoms with van der Waals surface area (Å²) in [4.78, 5) is 31.4. The largest absolute Gasteiger partial charge is 0.492 e. The lowest BCUT2D eigenvalue weighted by Crippen LogP contribution is -2.60. The zero-order valence-electron chi connectivity index (χ0n) is 28.6. The predicted molar refractivity (Wildman–Crippen MR) is 189 cm³/mol. The Morgan fingerprint density at radius 3 is 2.13 bits per heavy atom. The highest BCUT2D eigenvalue weighted by Gasteiger charge is 2.60. The number of halogens is 6. The summed E-state index contributed by atoms with van der Waals surface area (Å²) in [5, 5.41) is 4.24. The van der Waals surface area contributed by atoms with Crippen LogP contribution in [0.1, 0.15) is 37.7 Å². The molecule has 0 bridgehead atoms. The molecule has 1 saturated carbocycles.